The highest BCUT2D eigenvalue weighted by Gasteiger charge is 2.36. The fourth-order valence-electron chi connectivity index (χ4n) is 6.55. The second-order valence-electron chi connectivity index (χ2n) is 16.2. The maximum absolute atomic E-state index is 14.1. The van der Waals surface area contributed by atoms with Gasteiger partial charge in [-0.15, -0.1) is 0 Å². The number of rotatable bonds is 7. The molecular weight excluding hydrogens is 759 g/mol. The first-order valence-electron chi connectivity index (χ1n) is 20.5. The van der Waals surface area contributed by atoms with Crippen molar-refractivity contribution in [1.82, 2.24) is 25.8 Å². The summed E-state index contributed by atoms with van der Waals surface area (Å²) in [5.74, 6) is -5.83. The molecule has 0 bridgehead atoms. The van der Waals surface area contributed by atoms with Crippen LogP contribution in [0.15, 0.2) is 53.6 Å². The average Bonchev–Trinajstić information content (AvgIpc) is 3.20. The summed E-state index contributed by atoms with van der Waals surface area (Å²) in [5.41, 5.74) is 1.51. The van der Waals surface area contributed by atoms with Crippen LogP contribution in [0.3, 0.4) is 0 Å². The summed E-state index contributed by atoms with van der Waals surface area (Å²) >= 11 is 0. The molecule has 2 unspecified atom stereocenters. The molecule has 0 radical (unpaired) electrons. The Morgan fingerprint density at radius 1 is 0.898 bits per heavy atom. The van der Waals surface area contributed by atoms with Gasteiger partial charge in [0.2, 0.25) is 23.6 Å². The minimum Gasteiger partial charge on any atom is -0.456 e. The molecule has 0 spiro atoms. The van der Waals surface area contributed by atoms with Gasteiger partial charge in [0.1, 0.15) is 30.3 Å². The number of esters is 2. The van der Waals surface area contributed by atoms with Gasteiger partial charge in [-0.25, -0.2) is 9.59 Å². The van der Waals surface area contributed by atoms with Gasteiger partial charge in [0.15, 0.2) is 6.10 Å². The Morgan fingerprint density at radius 3 is 2.08 bits per heavy atom. The first-order valence-corrected chi connectivity index (χ1v) is 20.5. The zero-order valence-electron chi connectivity index (χ0n) is 36.9. The molecule has 9 atom stereocenters. The molecule has 1 aliphatic rings. The maximum Gasteiger partial charge on any atom is 0.334 e. The first-order chi connectivity index (χ1) is 27.6. The molecule has 1 heterocycles. The third-order valence-electron chi connectivity index (χ3n) is 10.8. The summed E-state index contributed by atoms with van der Waals surface area (Å²) < 4.78 is 11.5. The predicted octanol–water partition coefficient (Wildman–Crippen LogP) is 3.24. The number of aliphatic hydroxyl groups is 1. The average molecular weight is 826 g/mol. The Bertz CT molecular complexity index is 1700. The molecule has 4 N–H and O–H groups in total. The van der Waals surface area contributed by atoms with E-state index in [-0.39, 0.29) is 36.7 Å². The smallest absolute Gasteiger partial charge is 0.334 e. The Morgan fingerprint density at radius 2 is 1.51 bits per heavy atom. The lowest BCUT2D eigenvalue weighted by Gasteiger charge is -2.33. The third kappa shape index (κ3) is 14.9. The fraction of sp³-hybridized carbons (Fsp3) is 0.614. The zero-order valence-corrected chi connectivity index (χ0v) is 36.9. The number of nitrogens with one attached hydrogen (secondary N) is 3. The van der Waals surface area contributed by atoms with Crippen LogP contribution >= 0.6 is 0 Å². The molecule has 0 saturated carbocycles. The second-order valence-corrected chi connectivity index (χ2v) is 16.2. The van der Waals surface area contributed by atoms with Gasteiger partial charge in [-0.3, -0.25) is 24.0 Å². The summed E-state index contributed by atoms with van der Waals surface area (Å²) in [4.78, 5) is 98.0. The van der Waals surface area contributed by atoms with E-state index in [2.05, 4.69) is 16.0 Å². The molecule has 1 aliphatic heterocycles. The number of amides is 5. The molecule has 0 aromatic heterocycles. The number of nitrogens with zero attached hydrogens (tertiary/aromatic N) is 2. The Hall–Kier alpha value is -5.05. The van der Waals surface area contributed by atoms with Crippen LogP contribution in [0, 0.1) is 17.8 Å². The molecule has 1 aromatic carbocycles. The van der Waals surface area contributed by atoms with Gasteiger partial charge in [-0.1, -0.05) is 83.5 Å². The quantitative estimate of drug-likeness (QED) is 0.234. The van der Waals surface area contributed by atoms with Gasteiger partial charge in [0.25, 0.3) is 5.91 Å². The van der Waals surface area contributed by atoms with E-state index in [1.807, 2.05) is 26.8 Å². The lowest BCUT2D eigenvalue weighted by Crippen LogP contribution is -2.57. The van der Waals surface area contributed by atoms with Gasteiger partial charge >= 0.3 is 11.9 Å². The van der Waals surface area contributed by atoms with Crippen molar-refractivity contribution in [2.24, 2.45) is 17.8 Å². The second kappa shape index (κ2) is 23.5. The summed E-state index contributed by atoms with van der Waals surface area (Å²) in [6.45, 7) is 16.5. The number of cyclic esters (lactones) is 2. The van der Waals surface area contributed by atoms with Crippen LogP contribution in [0.1, 0.15) is 94.1 Å². The minimum absolute atomic E-state index is 0.0211. The lowest BCUT2D eigenvalue weighted by molar-refractivity contribution is -0.155. The van der Waals surface area contributed by atoms with E-state index in [0.717, 1.165) is 5.56 Å². The van der Waals surface area contributed by atoms with E-state index < -0.39 is 96.4 Å². The van der Waals surface area contributed by atoms with Crippen molar-refractivity contribution in [3.8, 4) is 0 Å². The van der Waals surface area contributed by atoms with Crippen LogP contribution < -0.4 is 16.0 Å². The molecule has 328 valence electrons. The molecule has 0 saturated heterocycles. The number of benzene rings is 1. The topological polar surface area (TPSA) is 201 Å². The van der Waals surface area contributed by atoms with Crippen LogP contribution in [-0.4, -0.2) is 120 Å². The number of allylic oxidation sites excluding steroid dienone is 1. The first kappa shape index (κ1) is 50.1. The van der Waals surface area contributed by atoms with Crippen molar-refractivity contribution in [3.05, 3.63) is 59.2 Å². The van der Waals surface area contributed by atoms with E-state index in [0.29, 0.717) is 12.0 Å². The van der Waals surface area contributed by atoms with Crippen LogP contribution in [0.5, 0.6) is 0 Å². The number of hydrogen-bond donors (Lipinski definition) is 4. The zero-order chi connectivity index (χ0) is 44.7. The predicted molar refractivity (Wildman–Crippen MR) is 223 cm³/mol. The summed E-state index contributed by atoms with van der Waals surface area (Å²) in [7, 11) is 2.85. The Balaban J connectivity index is 2.62. The summed E-state index contributed by atoms with van der Waals surface area (Å²) in [5, 5.41) is 19.3. The van der Waals surface area contributed by atoms with Gasteiger partial charge in [0, 0.05) is 32.0 Å². The highest BCUT2D eigenvalue weighted by Crippen LogP contribution is 2.24. The van der Waals surface area contributed by atoms with Crippen LogP contribution in [0.2, 0.25) is 0 Å². The molecule has 0 fully saturated rings. The molecule has 0 aliphatic carbocycles. The van der Waals surface area contributed by atoms with E-state index in [4.69, 9.17) is 9.47 Å². The molecule has 59 heavy (non-hydrogen) atoms. The normalized spacial score (nSPS) is 28.8. The molecule has 2 rings (SSSR count). The van der Waals surface area contributed by atoms with Crippen molar-refractivity contribution in [1.29, 1.82) is 0 Å². The van der Waals surface area contributed by atoms with Crippen LogP contribution in [0.4, 0.5) is 0 Å². The number of ether oxygens (including phenoxy) is 2. The van der Waals surface area contributed by atoms with Crippen LogP contribution in [-0.2, 0) is 49.5 Å². The van der Waals surface area contributed by atoms with Crippen molar-refractivity contribution in [3.63, 3.8) is 0 Å². The molecular formula is C44H67N5O10. The van der Waals surface area contributed by atoms with Crippen molar-refractivity contribution in [2.75, 3.05) is 20.6 Å². The number of aliphatic hydroxyl groups excluding tert-OH is 1. The van der Waals surface area contributed by atoms with Gasteiger partial charge < -0.3 is 40.3 Å². The molecule has 15 heteroatoms. The van der Waals surface area contributed by atoms with E-state index >= 15 is 0 Å². The Kier molecular flexibility index (Phi) is 20.0. The largest absolute Gasteiger partial charge is 0.456 e. The highest BCUT2D eigenvalue weighted by molar-refractivity contribution is 5.96. The Labute approximate surface area is 349 Å². The standard InChI is InChI=1S/C44H67N5O10/c1-13-26(5)37-40(53)46-31(10)44(57)59-38(27(6)14-2)29(8)34(50)21-20-28(7)43(56)58-35(22-25(3)4)39(52)45-30(9)41(54)49(12)33(23-32-18-16-15-17-19-32)42(55)48(11)24-36(51)47-37/h14-20,25-26,29-31,33-35,37-38,50H,13,21-24H2,1-12H3,(H,45,52)(H,46,53)(H,47,51)/b27-14+,28-20+/t26-,29-,30+,31-,33?,34+,35-,37?,38-/m0/s1. The van der Waals surface area contributed by atoms with Gasteiger partial charge in [-0.2, -0.15) is 0 Å². The molecule has 5 amide bonds. The molecule has 15 nitrogen and oxygen atoms in total. The number of hydrogen-bond acceptors (Lipinski definition) is 10. The van der Waals surface area contributed by atoms with Crippen molar-refractivity contribution >= 4 is 41.5 Å². The number of carbonyl (C=O) groups is 7. The van der Waals surface area contributed by atoms with E-state index in [9.17, 15) is 38.7 Å². The van der Waals surface area contributed by atoms with Gasteiger partial charge in [0.05, 0.1) is 12.6 Å². The lowest BCUT2D eigenvalue weighted by atomic mass is 9.90. The van der Waals surface area contributed by atoms with Crippen molar-refractivity contribution < 1.29 is 48.1 Å². The van der Waals surface area contributed by atoms with E-state index in [1.165, 1.54) is 50.7 Å². The van der Waals surface area contributed by atoms with Gasteiger partial charge in [-0.05, 0) is 70.4 Å². The number of likely N-dealkylation sites (N-methyl/N-ethyl adjacent to an activating group) is 2. The molecule has 1 aromatic rings. The van der Waals surface area contributed by atoms with Crippen molar-refractivity contribution in [2.45, 2.75) is 137 Å². The van der Waals surface area contributed by atoms with E-state index in [1.54, 1.807) is 58.0 Å². The minimum atomic E-state index is -1.26. The monoisotopic (exact) mass is 825 g/mol. The van der Waals surface area contributed by atoms with Crippen LogP contribution in [0.25, 0.3) is 0 Å². The SMILES string of the molecule is C/C=C(\C)[C@@H]1OC(=O)[C@H](C)NC(=O)C([C@@H](C)CC)NC(=O)CN(C)C(=O)C(Cc2ccccc2)N(C)C(=O)[C@@H](C)NC(=O)[C@H](CC(C)C)OC(=O)/C(C)=C/C[C@@H](O)[C@@H]1C. The summed E-state index contributed by atoms with van der Waals surface area (Å²) in [6, 6.07) is 4.53. The number of carbonyl (C=O) groups excluding carboxylic acids is 7. The summed E-state index contributed by atoms with van der Waals surface area (Å²) in [6.07, 6.45) is 0.687. The fourth-order valence-corrected chi connectivity index (χ4v) is 6.55. The third-order valence-corrected chi connectivity index (χ3v) is 10.8. The highest BCUT2D eigenvalue weighted by atomic mass is 16.6. The maximum atomic E-state index is 14.1.